The normalized spacial score (nSPS) is 15.5. The van der Waals surface area contributed by atoms with Gasteiger partial charge in [-0.3, -0.25) is 0 Å². The first kappa shape index (κ1) is 10.9. The Morgan fingerprint density at radius 2 is 1.79 bits per heavy atom. The Morgan fingerprint density at radius 3 is 2.21 bits per heavy atom. The third-order valence-corrected chi connectivity index (χ3v) is 2.80. The zero-order valence-corrected chi connectivity index (χ0v) is 8.78. The molecule has 0 bridgehead atoms. The first-order valence-electron chi connectivity index (χ1n) is 4.67. The molecule has 3 nitrogen and oxygen atoms in total. The predicted octanol–water partition coefficient (Wildman–Crippen LogP) is 1.93. The van der Waals surface area contributed by atoms with Crippen LogP contribution in [0.1, 0.15) is 26.3 Å². The van der Waals surface area contributed by atoms with Crippen LogP contribution in [0.25, 0.3) is 0 Å². The molecule has 0 spiro atoms. The van der Waals surface area contributed by atoms with Gasteiger partial charge in [0.05, 0.1) is 0 Å². The van der Waals surface area contributed by atoms with E-state index in [2.05, 4.69) is 0 Å². The summed E-state index contributed by atoms with van der Waals surface area (Å²) in [6.45, 7) is 5.94. The monoisotopic (exact) mass is 195 g/mol. The van der Waals surface area contributed by atoms with Crippen molar-refractivity contribution in [3.05, 3.63) is 23.8 Å². The van der Waals surface area contributed by atoms with Crippen LogP contribution < -0.4 is 5.73 Å². The summed E-state index contributed by atoms with van der Waals surface area (Å²) in [5, 5.41) is 18.5. The molecular formula is C11H17NO2. The van der Waals surface area contributed by atoms with Gasteiger partial charge in [-0.05, 0) is 30.5 Å². The van der Waals surface area contributed by atoms with Crippen LogP contribution in [-0.2, 0) is 5.54 Å². The highest BCUT2D eigenvalue weighted by Gasteiger charge is 2.25. The minimum Gasteiger partial charge on any atom is -0.504 e. The number of benzene rings is 1. The van der Waals surface area contributed by atoms with E-state index < -0.39 is 5.54 Å². The third-order valence-electron chi connectivity index (χ3n) is 2.80. The van der Waals surface area contributed by atoms with Gasteiger partial charge in [0, 0.05) is 5.54 Å². The maximum Gasteiger partial charge on any atom is 0.157 e. The standard InChI is InChI=1S/C11H17NO2/c1-7(2)11(3,12)8-4-5-9(13)10(14)6-8/h4-7,13-14H,12H2,1-3H3. The average Bonchev–Trinajstić information content (AvgIpc) is 2.09. The molecule has 0 radical (unpaired) electrons. The van der Waals surface area contributed by atoms with E-state index in [9.17, 15) is 5.11 Å². The summed E-state index contributed by atoms with van der Waals surface area (Å²) in [5.74, 6) is 0.0135. The number of phenolic OH excluding ortho intramolecular Hbond substituents is 2. The summed E-state index contributed by atoms with van der Waals surface area (Å²) < 4.78 is 0. The zero-order valence-electron chi connectivity index (χ0n) is 8.78. The number of aromatic hydroxyl groups is 2. The second-order valence-electron chi connectivity index (χ2n) is 4.14. The van der Waals surface area contributed by atoms with Crippen molar-refractivity contribution in [2.24, 2.45) is 11.7 Å². The van der Waals surface area contributed by atoms with Crippen molar-refractivity contribution in [1.29, 1.82) is 0 Å². The van der Waals surface area contributed by atoms with Gasteiger partial charge in [-0.2, -0.15) is 0 Å². The minimum atomic E-state index is -0.495. The largest absolute Gasteiger partial charge is 0.504 e. The molecule has 0 fully saturated rings. The molecule has 0 heterocycles. The maximum atomic E-state index is 9.34. The van der Waals surface area contributed by atoms with E-state index >= 15 is 0 Å². The highest BCUT2D eigenvalue weighted by molar-refractivity contribution is 5.42. The lowest BCUT2D eigenvalue weighted by atomic mass is 9.82. The molecule has 1 aromatic rings. The van der Waals surface area contributed by atoms with Crippen LogP contribution in [0.5, 0.6) is 11.5 Å². The zero-order chi connectivity index (χ0) is 10.9. The lowest BCUT2D eigenvalue weighted by molar-refractivity contribution is 0.346. The van der Waals surface area contributed by atoms with Gasteiger partial charge >= 0.3 is 0 Å². The van der Waals surface area contributed by atoms with Gasteiger partial charge in [0.2, 0.25) is 0 Å². The SMILES string of the molecule is CC(C)C(C)(N)c1ccc(O)c(O)c1. The molecule has 1 rings (SSSR count). The van der Waals surface area contributed by atoms with Crippen molar-refractivity contribution < 1.29 is 10.2 Å². The predicted molar refractivity (Wildman–Crippen MR) is 56.1 cm³/mol. The molecule has 0 aliphatic heterocycles. The van der Waals surface area contributed by atoms with Crippen molar-refractivity contribution in [3.8, 4) is 11.5 Å². The highest BCUT2D eigenvalue weighted by Crippen LogP contribution is 2.32. The van der Waals surface area contributed by atoms with Crippen molar-refractivity contribution >= 4 is 0 Å². The summed E-state index contributed by atoms with van der Waals surface area (Å²) >= 11 is 0. The van der Waals surface area contributed by atoms with E-state index in [0.29, 0.717) is 0 Å². The van der Waals surface area contributed by atoms with E-state index in [4.69, 9.17) is 10.8 Å². The summed E-state index contributed by atoms with van der Waals surface area (Å²) in [7, 11) is 0. The van der Waals surface area contributed by atoms with E-state index in [0.717, 1.165) is 5.56 Å². The van der Waals surface area contributed by atoms with Gasteiger partial charge in [0.1, 0.15) is 0 Å². The molecule has 0 aromatic heterocycles. The molecule has 4 N–H and O–H groups in total. The molecule has 0 aliphatic carbocycles. The van der Waals surface area contributed by atoms with Crippen LogP contribution in [-0.4, -0.2) is 10.2 Å². The molecule has 0 saturated heterocycles. The topological polar surface area (TPSA) is 66.5 Å². The molecule has 1 unspecified atom stereocenters. The Kier molecular flexibility index (Phi) is 2.71. The highest BCUT2D eigenvalue weighted by atomic mass is 16.3. The lowest BCUT2D eigenvalue weighted by Gasteiger charge is -2.29. The van der Waals surface area contributed by atoms with E-state index in [-0.39, 0.29) is 17.4 Å². The van der Waals surface area contributed by atoms with Crippen LogP contribution in [0.2, 0.25) is 0 Å². The molecule has 78 valence electrons. The van der Waals surface area contributed by atoms with E-state index in [1.54, 1.807) is 6.07 Å². The summed E-state index contributed by atoms with van der Waals surface area (Å²) in [6, 6.07) is 4.70. The quantitative estimate of drug-likeness (QED) is 0.632. The summed E-state index contributed by atoms with van der Waals surface area (Å²) in [4.78, 5) is 0. The maximum absolute atomic E-state index is 9.34. The Hall–Kier alpha value is -1.22. The molecule has 0 saturated carbocycles. The summed E-state index contributed by atoms with van der Waals surface area (Å²) in [6.07, 6.45) is 0. The van der Waals surface area contributed by atoms with Crippen LogP contribution in [0.3, 0.4) is 0 Å². The van der Waals surface area contributed by atoms with Crippen molar-refractivity contribution in [1.82, 2.24) is 0 Å². The smallest absolute Gasteiger partial charge is 0.157 e. The van der Waals surface area contributed by atoms with Crippen molar-refractivity contribution in [2.45, 2.75) is 26.3 Å². The Balaban J connectivity index is 3.14. The van der Waals surface area contributed by atoms with Crippen LogP contribution >= 0.6 is 0 Å². The van der Waals surface area contributed by atoms with Gasteiger partial charge in [0.15, 0.2) is 11.5 Å². The Bertz CT molecular complexity index is 332. The van der Waals surface area contributed by atoms with Gasteiger partial charge < -0.3 is 15.9 Å². The molecule has 14 heavy (non-hydrogen) atoms. The van der Waals surface area contributed by atoms with Crippen molar-refractivity contribution in [3.63, 3.8) is 0 Å². The minimum absolute atomic E-state index is 0.117. The third kappa shape index (κ3) is 1.82. The molecule has 0 aliphatic rings. The number of rotatable bonds is 2. The van der Waals surface area contributed by atoms with Gasteiger partial charge in [-0.1, -0.05) is 19.9 Å². The van der Waals surface area contributed by atoms with Crippen LogP contribution in [0.15, 0.2) is 18.2 Å². The first-order chi connectivity index (χ1) is 6.35. The Morgan fingerprint density at radius 1 is 1.21 bits per heavy atom. The number of hydrogen-bond acceptors (Lipinski definition) is 3. The van der Waals surface area contributed by atoms with Crippen LogP contribution in [0, 0.1) is 5.92 Å². The van der Waals surface area contributed by atoms with Gasteiger partial charge in [-0.15, -0.1) is 0 Å². The molecular weight excluding hydrogens is 178 g/mol. The summed E-state index contributed by atoms with van der Waals surface area (Å²) in [5.41, 5.74) is 6.43. The van der Waals surface area contributed by atoms with Crippen molar-refractivity contribution in [2.75, 3.05) is 0 Å². The molecule has 1 atom stereocenters. The first-order valence-corrected chi connectivity index (χ1v) is 4.67. The number of hydrogen-bond donors (Lipinski definition) is 3. The lowest BCUT2D eigenvalue weighted by Crippen LogP contribution is -2.38. The number of phenols is 2. The second kappa shape index (κ2) is 3.50. The van der Waals surface area contributed by atoms with Gasteiger partial charge in [0.25, 0.3) is 0 Å². The van der Waals surface area contributed by atoms with Gasteiger partial charge in [-0.25, -0.2) is 0 Å². The average molecular weight is 195 g/mol. The number of nitrogens with two attached hydrogens (primary N) is 1. The van der Waals surface area contributed by atoms with E-state index in [1.807, 2.05) is 20.8 Å². The fourth-order valence-electron chi connectivity index (χ4n) is 1.19. The Labute approximate surface area is 84.2 Å². The van der Waals surface area contributed by atoms with E-state index in [1.165, 1.54) is 12.1 Å². The van der Waals surface area contributed by atoms with Crippen LogP contribution in [0.4, 0.5) is 0 Å². The fraction of sp³-hybridized carbons (Fsp3) is 0.455. The fourth-order valence-corrected chi connectivity index (χ4v) is 1.19. The molecule has 1 aromatic carbocycles. The molecule has 3 heteroatoms. The second-order valence-corrected chi connectivity index (χ2v) is 4.14. The molecule has 0 amide bonds.